The molecule has 1 atom stereocenters. The molecule has 138 valence electrons. The van der Waals surface area contributed by atoms with Crippen molar-refractivity contribution in [3.63, 3.8) is 0 Å². The van der Waals surface area contributed by atoms with Crippen molar-refractivity contribution in [2.24, 2.45) is 0 Å². The van der Waals surface area contributed by atoms with E-state index in [2.05, 4.69) is 5.32 Å². The lowest BCUT2D eigenvalue weighted by molar-refractivity contribution is -0.00246. The van der Waals surface area contributed by atoms with Crippen LogP contribution in [0.5, 0.6) is 0 Å². The fraction of sp³-hybridized carbons (Fsp3) is 0.316. The summed E-state index contributed by atoms with van der Waals surface area (Å²) in [6.07, 6.45) is 0.348. The van der Waals surface area contributed by atoms with Gasteiger partial charge in [0.05, 0.1) is 18.8 Å². The zero-order valence-electron chi connectivity index (χ0n) is 14.2. The summed E-state index contributed by atoms with van der Waals surface area (Å²) in [5, 5.41) is 22.1. The normalized spacial score (nSPS) is 19.6. The summed E-state index contributed by atoms with van der Waals surface area (Å²) in [7, 11) is 0. The Bertz CT molecular complexity index is 789. The summed E-state index contributed by atoms with van der Waals surface area (Å²) in [5.74, 6) is 0.204. The Morgan fingerprint density at radius 2 is 1.96 bits per heavy atom. The number of hydrogen-bond acceptors (Lipinski definition) is 4. The third-order valence-electron chi connectivity index (χ3n) is 4.38. The molecule has 0 aromatic heterocycles. The molecule has 5 nitrogen and oxygen atoms in total. The zero-order chi connectivity index (χ0) is 18.6. The number of aliphatic hydroxyl groups is 2. The molecular weight excluding hydrogens is 355 g/mol. The van der Waals surface area contributed by atoms with Gasteiger partial charge >= 0.3 is 6.03 Å². The van der Waals surface area contributed by atoms with E-state index in [-0.39, 0.29) is 25.0 Å². The first-order valence-corrected chi connectivity index (χ1v) is 9.34. The molecule has 0 radical (unpaired) electrons. The van der Waals surface area contributed by atoms with E-state index < -0.39 is 5.60 Å². The quantitative estimate of drug-likeness (QED) is 0.701. The molecule has 7 heteroatoms. The molecule has 1 fully saturated rings. The molecule has 2 aromatic rings. The molecule has 0 aliphatic carbocycles. The molecule has 0 unspecified atom stereocenters. The number of carbonyl (C=O) groups excluding carboxylic acids is 1. The number of nitrogens with zero attached hydrogens (tertiary/aromatic N) is 1. The van der Waals surface area contributed by atoms with Crippen molar-refractivity contribution in [3.05, 3.63) is 59.9 Å². The third kappa shape index (κ3) is 4.35. The molecule has 1 saturated heterocycles. The van der Waals surface area contributed by atoms with Gasteiger partial charge in [-0.25, -0.2) is 9.18 Å². The molecule has 1 aliphatic rings. The number of benzene rings is 2. The number of rotatable bonds is 5. The molecule has 26 heavy (non-hydrogen) atoms. The van der Waals surface area contributed by atoms with Crippen molar-refractivity contribution in [3.8, 4) is 0 Å². The average molecular weight is 376 g/mol. The fourth-order valence-corrected chi connectivity index (χ4v) is 3.81. The summed E-state index contributed by atoms with van der Waals surface area (Å²) < 4.78 is 13.8. The van der Waals surface area contributed by atoms with Crippen molar-refractivity contribution in [1.29, 1.82) is 0 Å². The first-order chi connectivity index (χ1) is 12.5. The maximum Gasteiger partial charge on any atom is 0.321 e. The van der Waals surface area contributed by atoms with Crippen LogP contribution in [-0.2, 0) is 5.75 Å². The second-order valence-electron chi connectivity index (χ2n) is 6.36. The highest BCUT2D eigenvalue weighted by Gasteiger charge is 2.37. The number of carbonyl (C=O) groups is 1. The highest BCUT2D eigenvalue weighted by Crippen LogP contribution is 2.31. The SMILES string of the molecule is O=C(Nc1ccccc1SCc1ccccc1F)N1CC[C@](O)(CO)C1. The Morgan fingerprint density at radius 3 is 2.69 bits per heavy atom. The van der Waals surface area contributed by atoms with Crippen LogP contribution in [0.25, 0.3) is 0 Å². The molecule has 1 heterocycles. The maximum atomic E-state index is 13.8. The van der Waals surface area contributed by atoms with Gasteiger partial charge in [-0.05, 0) is 30.2 Å². The topological polar surface area (TPSA) is 72.8 Å². The van der Waals surface area contributed by atoms with E-state index in [1.54, 1.807) is 24.3 Å². The van der Waals surface area contributed by atoms with Gasteiger partial charge in [0, 0.05) is 17.2 Å². The van der Waals surface area contributed by atoms with Crippen LogP contribution >= 0.6 is 11.8 Å². The van der Waals surface area contributed by atoms with E-state index in [9.17, 15) is 19.4 Å². The second-order valence-corrected chi connectivity index (χ2v) is 7.38. The molecule has 1 aliphatic heterocycles. The Balaban J connectivity index is 1.66. The number of hydrogen-bond donors (Lipinski definition) is 3. The smallest absolute Gasteiger partial charge is 0.321 e. The fourth-order valence-electron chi connectivity index (χ4n) is 2.82. The van der Waals surface area contributed by atoms with Gasteiger partial charge < -0.3 is 20.4 Å². The number of β-amino-alcohol motifs (C(OH)–C–C–N with tert-alkyl or cyclic N) is 1. The van der Waals surface area contributed by atoms with Gasteiger partial charge in [0.25, 0.3) is 0 Å². The van der Waals surface area contributed by atoms with Gasteiger partial charge in [0.2, 0.25) is 0 Å². The highest BCUT2D eigenvalue weighted by molar-refractivity contribution is 7.98. The van der Waals surface area contributed by atoms with Gasteiger partial charge in [-0.15, -0.1) is 11.8 Å². The monoisotopic (exact) mass is 376 g/mol. The van der Waals surface area contributed by atoms with Crippen molar-refractivity contribution < 1.29 is 19.4 Å². The molecule has 3 rings (SSSR count). The Kier molecular flexibility index (Phi) is 5.80. The Labute approximate surface area is 155 Å². The first kappa shape index (κ1) is 18.7. The van der Waals surface area contributed by atoms with Crippen LogP contribution in [0.2, 0.25) is 0 Å². The van der Waals surface area contributed by atoms with Crippen LogP contribution in [0.15, 0.2) is 53.4 Å². The summed E-state index contributed by atoms with van der Waals surface area (Å²) in [4.78, 5) is 14.8. The number of halogens is 1. The van der Waals surface area contributed by atoms with Crippen LogP contribution in [0.1, 0.15) is 12.0 Å². The molecule has 0 spiro atoms. The van der Waals surface area contributed by atoms with E-state index in [1.165, 1.54) is 22.7 Å². The van der Waals surface area contributed by atoms with Crippen LogP contribution in [-0.4, -0.2) is 46.4 Å². The van der Waals surface area contributed by atoms with Crippen LogP contribution in [0.3, 0.4) is 0 Å². The zero-order valence-corrected chi connectivity index (χ0v) is 15.0. The van der Waals surface area contributed by atoms with E-state index in [0.717, 1.165) is 4.90 Å². The van der Waals surface area contributed by atoms with E-state index in [1.807, 2.05) is 18.2 Å². The van der Waals surface area contributed by atoms with E-state index in [0.29, 0.717) is 30.0 Å². The molecule has 2 aromatic carbocycles. The van der Waals surface area contributed by atoms with Gasteiger partial charge in [0.1, 0.15) is 11.4 Å². The minimum absolute atomic E-state index is 0.0971. The van der Waals surface area contributed by atoms with Crippen molar-refractivity contribution >= 4 is 23.5 Å². The van der Waals surface area contributed by atoms with Gasteiger partial charge in [0.15, 0.2) is 0 Å². The highest BCUT2D eigenvalue weighted by atomic mass is 32.2. The minimum Gasteiger partial charge on any atom is -0.393 e. The lowest BCUT2D eigenvalue weighted by Crippen LogP contribution is -2.40. The van der Waals surface area contributed by atoms with Gasteiger partial charge in [-0.2, -0.15) is 0 Å². The minimum atomic E-state index is -1.23. The van der Waals surface area contributed by atoms with Gasteiger partial charge in [-0.1, -0.05) is 30.3 Å². The number of thioether (sulfide) groups is 1. The Morgan fingerprint density at radius 1 is 1.23 bits per heavy atom. The lowest BCUT2D eigenvalue weighted by Gasteiger charge is -2.21. The summed E-state index contributed by atoms with van der Waals surface area (Å²) in [5.41, 5.74) is 0.0145. The predicted molar refractivity (Wildman–Crippen MR) is 99.6 cm³/mol. The molecule has 2 amide bonds. The number of amides is 2. The summed E-state index contributed by atoms with van der Waals surface area (Å²) >= 11 is 1.44. The van der Waals surface area contributed by atoms with E-state index >= 15 is 0 Å². The van der Waals surface area contributed by atoms with Crippen LogP contribution in [0, 0.1) is 5.82 Å². The first-order valence-electron chi connectivity index (χ1n) is 8.35. The number of para-hydroxylation sites is 1. The van der Waals surface area contributed by atoms with Crippen LogP contribution < -0.4 is 5.32 Å². The van der Waals surface area contributed by atoms with Crippen molar-refractivity contribution in [2.75, 3.05) is 25.0 Å². The second kappa shape index (κ2) is 8.07. The Hall–Kier alpha value is -2.09. The van der Waals surface area contributed by atoms with Crippen LogP contribution in [0.4, 0.5) is 14.9 Å². The summed E-state index contributed by atoms with van der Waals surface area (Å²) in [6.45, 7) is 0.110. The number of aliphatic hydroxyl groups excluding tert-OH is 1. The number of nitrogens with one attached hydrogen (secondary N) is 1. The molecule has 0 bridgehead atoms. The number of likely N-dealkylation sites (tertiary alicyclic amines) is 1. The number of anilines is 1. The van der Waals surface area contributed by atoms with Crippen molar-refractivity contribution in [2.45, 2.75) is 22.7 Å². The average Bonchev–Trinajstić information content (AvgIpc) is 3.05. The van der Waals surface area contributed by atoms with Gasteiger partial charge in [-0.3, -0.25) is 0 Å². The summed E-state index contributed by atoms with van der Waals surface area (Å²) in [6, 6.07) is 13.6. The lowest BCUT2D eigenvalue weighted by atomic mass is 10.1. The van der Waals surface area contributed by atoms with E-state index in [4.69, 9.17) is 0 Å². The largest absolute Gasteiger partial charge is 0.393 e. The maximum absolute atomic E-state index is 13.8. The third-order valence-corrected chi connectivity index (χ3v) is 5.51. The molecular formula is C19H21FN2O3S. The van der Waals surface area contributed by atoms with Crippen molar-refractivity contribution in [1.82, 2.24) is 4.90 Å². The standard InChI is InChI=1S/C19H21FN2O3S/c20-15-6-2-1-5-14(15)11-26-17-8-4-3-7-16(17)21-18(24)22-10-9-19(25,12-22)13-23/h1-8,23,25H,9-13H2,(H,21,24)/t19-/m1/s1. The molecule has 3 N–H and O–H groups in total. The number of urea groups is 1. The molecule has 0 saturated carbocycles. The predicted octanol–water partition coefficient (Wildman–Crippen LogP) is 3.08.